The number of para-hydroxylation sites is 3. The number of ether oxygens (including phenoxy) is 2. The summed E-state index contributed by atoms with van der Waals surface area (Å²) in [6.45, 7) is 0.453. The molecule has 2 aromatic carbocycles. The first-order valence-corrected chi connectivity index (χ1v) is 9.27. The van der Waals surface area contributed by atoms with Crippen LogP contribution in [0.4, 0.5) is 11.4 Å². The van der Waals surface area contributed by atoms with Gasteiger partial charge in [-0.1, -0.05) is 30.3 Å². The number of benzene rings is 2. The normalized spacial score (nSPS) is 13.5. The van der Waals surface area contributed by atoms with Gasteiger partial charge >= 0.3 is 5.97 Å². The third kappa shape index (κ3) is 5.34. The molecule has 1 atom stereocenters. The molecule has 9 nitrogen and oxygen atoms in total. The van der Waals surface area contributed by atoms with E-state index in [1.165, 1.54) is 11.8 Å². The molecule has 0 aliphatic carbocycles. The maximum atomic E-state index is 12.5. The minimum Gasteiger partial charge on any atom is -0.484 e. The van der Waals surface area contributed by atoms with Crippen LogP contribution in [0.2, 0.25) is 0 Å². The average molecular weight is 411 g/mol. The summed E-state index contributed by atoms with van der Waals surface area (Å²) in [5.41, 5.74) is 1.03. The van der Waals surface area contributed by atoms with Crippen LogP contribution in [0.1, 0.15) is 6.92 Å². The third-order valence-electron chi connectivity index (χ3n) is 4.25. The molecule has 156 valence electrons. The molecule has 0 aromatic heterocycles. The SMILES string of the molecule is C[C@H](NC(=O)COc1ccccc1)C(=O)OCC(=O)N1CC(=O)Nc2ccccc21. The molecule has 0 fully saturated rings. The number of rotatable bonds is 7. The molecule has 9 heteroatoms. The second-order valence-electron chi connectivity index (χ2n) is 6.54. The molecule has 3 amide bonds. The maximum absolute atomic E-state index is 12.5. The number of carbonyl (C=O) groups excluding carboxylic acids is 4. The molecule has 2 N–H and O–H groups in total. The molecule has 2 aromatic rings. The molecule has 0 unspecified atom stereocenters. The molecule has 1 aliphatic rings. The first kappa shape index (κ1) is 20.8. The van der Waals surface area contributed by atoms with Gasteiger partial charge in [-0.3, -0.25) is 19.3 Å². The number of fused-ring (bicyclic) bond motifs is 1. The number of amides is 3. The van der Waals surface area contributed by atoms with E-state index in [1.807, 2.05) is 6.07 Å². The van der Waals surface area contributed by atoms with Crippen molar-refractivity contribution in [3.8, 4) is 5.75 Å². The van der Waals surface area contributed by atoms with E-state index in [0.717, 1.165) is 0 Å². The number of esters is 1. The van der Waals surface area contributed by atoms with Crippen molar-refractivity contribution in [1.82, 2.24) is 5.32 Å². The molecule has 0 radical (unpaired) electrons. The Morgan fingerprint density at radius 1 is 1.07 bits per heavy atom. The van der Waals surface area contributed by atoms with Gasteiger partial charge in [0.2, 0.25) is 5.91 Å². The summed E-state index contributed by atoms with van der Waals surface area (Å²) < 4.78 is 10.3. The minimum atomic E-state index is -0.971. The lowest BCUT2D eigenvalue weighted by atomic mass is 10.2. The van der Waals surface area contributed by atoms with E-state index in [2.05, 4.69) is 10.6 Å². The second kappa shape index (κ2) is 9.55. The zero-order valence-corrected chi connectivity index (χ0v) is 16.3. The molecule has 0 saturated heterocycles. The fourth-order valence-corrected chi connectivity index (χ4v) is 2.80. The molecular formula is C21H21N3O6. The summed E-state index contributed by atoms with van der Waals surface area (Å²) in [6, 6.07) is 14.6. The van der Waals surface area contributed by atoms with Gasteiger partial charge in [-0.25, -0.2) is 4.79 Å². The van der Waals surface area contributed by atoms with E-state index in [-0.39, 0.29) is 19.1 Å². The van der Waals surface area contributed by atoms with Crippen LogP contribution in [-0.4, -0.2) is 49.5 Å². The highest BCUT2D eigenvalue weighted by Gasteiger charge is 2.28. The Kier molecular flexibility index (Phi) is 6.63. The Morgan fingerprint density at radius 3 is 2.53 bits per heavy atom. The van der Waals surface area contributed by atoms with E-state index < -0.39 is 30.4 Å². The number of anilines is 2. The van der Waals surface area contributed by atoms with Crippen LogP contribution >= 0.6 is 0 Å². The summed E-state index contributed by atoms with van der Waals surface area (Å²) in [5, 5.41) is 5.12. The highest BCUT2D eigenvalue weighted by Crippen LogP contribution is 2.28. The average Bonchev–Trinajstić information content (AvgIpc) is 2.75. The van der Waals surface area contributed by atoms with E-state index in [4.69, 9.17) is 9.47 Å². The van der Waals surface area contributed by atoms with E-state index in [1.54, 1.807) is 48.5 Å². The Morgan fingerprint density at radius 2 is 1.77 bits per heavy atom. The van der Waals surface area contributed by atoms with Gasteiger partial charge < -0.3 is 20.1 Å². The van der Waals surface area contributed by atoms with Gasteiger partial charge in [0, 0.05) is 0 Å². The van der Waals surface area contributed by atoms with Crippen molar-refractivity contribution in [3.63, 3.8) is 0 Å². The van der Waals surface area contributed by atoms with Crippen molar-refractivity contribution in [2.75, 3.05) is 30.0 Å². The predicted octanol–water partition coefficient (Wildman–Crippen LogP) is 1.10. The van der Waals surface area contributed by atoms with Gasteiger partial charge in [-0.15, -0.1) is 0 Å². The van der Waals surface area contributed by atoms with Gasteiger partial charge in [-0.2, -0.15) is 0 Å². The zero-order valence-electron chi connectivity index (χ0n) is 16.3. The van der Waals surface area contributed by atoms with E-state index in [0.29, 0.717) is 17.1 Å². The summed E-state index contributed by atoms with van der Waals surface area (Å²) in [6.07, 6.45) is 0. The Balaban J connectivity index is 1.47. The summed E-state index contributed by atoms with van der Waals surface area (Å²) >= 11 is 0. The van der Waals surface area contributed by atoms with Gasteiger partial charge in [-0.05, 0) is 31.2 Å². The molecule has 1 aliphatic heterocycles. The van der Waals surface area contributed by atoms with E-state index in [9.17, 15) is 19.2 Å². The van der Waals surface area contributed by atoms with Gasteiger partial charge in [0.1, 0.15) is 18.3 Å². The summed E-state index contributed by atoms with van der Waals surface area (Å²) in [7, 11) is 0. The van der Waals surface area contributed by atoms with Gasteiger partial charge in [0.05, 0.1) is 11.4 Å². The van der Waals surface area contributed by atoms with Crippen molar-refractivity contribution in [3.05, 3.63) is 54.6 Å². The molecule has 0 saturated carbocycles. The van der Waals surface area contributed by atoms with Crippen molar-refractivity contribution in [2.45, 2.75) is 13.0 Å². The largest absolute Gasteiger partial charge is 0.484 e. The quantitative estimate of drug-likeness (QED) is 0.660. The van der Waals surface area contributed by atoms with Crippen LogP contribution in [-0.2, 0) is 23.9 Å². The Labute approximate surface area is 172 Å². The first-order valence-electron chi connectivity index (χ1n) is 9.27. The lowest BCUT2D eigenvalue weighted by molar-refractivity contribution is -0.150. The van der Waals surface area contributed by atoms with Crippen molar-refractivity contribution >= 4 is 35.1 Å². The minimum absolute atomic E-state index is 0.170. The summed E-state index contributed by atoms with van der Waals surface area (Å²) in [4.78, 5) is 49.6. The van der Waals surface area contributed by atoms with Gasteiger partial charge in [0.15, 0.2) is 13.2 Å². The molecule has 3 rings (SSSR count). The number of hydrogen-bond acceptors (Lipinski definition) is 6. The van der Waals surface area contributed by atoms with Crippen molar-refractivity contribution in [1.29, 1.82) is 0 Å². The lowest BCUT2D eigenvalue weighted by Gasteiger charge is -2.29. The predicted molar refractivity (Wildman–Crippen MR) is 108 cm³/mol. The highest BCUT2D eigenvalue weighted by atomic mass is 16.5. The van der Waals surface area contributed by atoms with Crippen LogP contribution in [0.15, 0.2) is 54.6 Å². The van der Waals surface area contributed by atoms with Crippen LogP contribution in [0.3, 0.4) is 0 Å². The summed E-state index contributed by atoms with van der Waals surface area (Å²) in [5.74, 6) is -1.63. The number of carbonyl (C=O) groups is 4. The maximum Gasteiger partial charge on any atom is 0.328 e. The van der Waals surface area contributed by atoms with Crippen LogP contribution < -0.4 is 20.3 Å². The van der Waals surface area contributed by atoms with Crippen LogP contribution in [0.5, 0.6) is 5.75 Å². The van der Waals surface area contributed by atoms with Crippen molar-refractivity contribution < 1.29 is 28.7 Å². The molecule has 1 heterocycles. The van der Waals surface area contributed by atoms with E-state index >= 15 is 0 Å². The number of hydrogen-bond donors (Lipinski definition) is 2. The third-order valence-corrected chi connectivity index (χ3v) is 4.25. The fraction of sp³-hybridized carbons (Fsp3) is 0.238. The monoisotopic (exact) mass is 411 g/mol. The standard InChI is InChI=1S/C21H21N3O6/c1-14(22-19(26)12-29-15-7-3-2-4-8-15)21(28)30-13-20(27)24-11-18(25)23-16-9-5-6-10-17(16)24/h2-10,14H,11-13H2,1H3,(H,22,26)(H,23,25)/t14-/m0/s1. The number of nitrogens with one attached hydrogen (secondary N) is 2. The Bertz CT molecular complexity index is 947. The topological polar surface area (TPSA) is 114 Å². The lowest BCUT2D eigenvalue weighted by Crippen LogP contribution is -2.46. The van der Waals surface area contributed by atoms with Crippen LogP contribution in [0, 0.1) is 0 Å². The zero-order chi connectivity index (χ0) is 21.5. The number of nitrogens with zero attached hydrogens (tertiary/aromatic N) is 1. The fourth-order valence-electron chi connectivity index (χ4n) is 2.80. The molecular weight excluding hydrogens is 390 g/mol. The smallest absolute Gasteiger partial charge is 0.328 e. The van der Waals surface area contributed by atoms with Gasteiger partial charge in [0.25, 0.3) is 11.8 Å². The van der Waals surface area contributed by atoms with Crippen molar-refractivity contribution in [2.24, 2.45) is 0 Å². The first-order chi connectivity index (χ1) is 14.4. The molecule has 30 heavy (non-hydrogen) atoms. The highest BCUT2D eigenvalue weighted by molar-refractivity contribution is 6.10. The van der Waals surface area contributed by atoms with Crippen LogP contribution in [0.25, 0.3) is 0 Å². The second-order valence-corrected chi connectivity index (χ2v) is 6.54. The molecule has 0 spiro atoms. The Hall–Kier alpha value is -3.88. The molecule has 0 bridgehead atoms.